The molecule has 0 fully saturated rings. The molecule has 0 aliphatic rings. The molecule has 2 aromatic carbocycles. The van der Waals surface area contributed by atoms with E-state index in [9.17, 15) is 13.3 Å². The summed E-state index contributed by atoms with van der Waals surface area (Å²) in [6, 6.07) is 13.6. The Bertz CT molecular complexity index is 1240. The SMILES string of the molecule is CC(=O)Nc1ccc([As](=O)(O)OO)cc1.COc1cc(Cl)ccc1-c1ccc(Cl)c(C(=O)O)n1. The summed E-state index contributed by atoms with van der Waals surface area (Å²) in [7, 11) is 1.50. The summed E-state index contributed by atoms with van der Waals surface area (Å²) < 4.78 is 29.0. The number of pyridine rings is 1. The van der Waals surface area contributed by atoms with Gasteiger partial charge in [-0.05, 0) is 30.3 Å². The van der Waals surface area contributed by atoms with Gasteiger partial charge in [-0.25, -0.2) is 9.78 Å². The van der Waals surface area contributed by atoms with Crippen molar-refractivity contribution in [3.8, 4) is 17.0 Å². The van der Waals surface area contributed by atoms with Crippen LogP contribution in [0.25, 0.3) is 11.3 Å². The van der Waals surface area contributed by atoms with Crippen LogP contribution in [0.5, 0.6) is 5.75 Å². The molecule has 0 spiro atoms. The van der Waals surface area contributed by atoms with Crippen LogP contribution in [0.2, 0.25) is 10.0 Å². The minimum Gasteiger partial charge on any atom is -0.496 e. The van der Waals surface area contributed by atoms with Crippen LogP contribution in [-0.2, 0) is 12.4 Å². The fraction of sp³-hybridized carbons (Fsp3) is 0.0952. The van der Waals surface area contributed by atoms with Crippen molar-refractivity contribution < 1.29 is 36.4 Å². The summed E-state index contributed by atoms with van der Waals surface area (Å²) in [6.45, 7) is 1.35. The molecule has 0 saturated heterocycles. The van der Waals surface area contributed by atoms with E-state index < -0.39 is 20.1 Å². The summed E-state index contributed by atoms with van der Waals surface area (Å²) in [5.74, 6) is -0.905. The first-order valence-electron chi connectivity index (χ1n) is 9.26. The molecule has 1 unspecified atom stereocenters. The van der Waals surface area contributed by atoms with Gasteiger partial charge >= 0.3 is 94.4 Å². The predicted molar refractivity (Wildman–Crippen MR) is 126 cm³/mol. The molecule has 3 aromatic rings. The van der Waals surface area contributed by atoms with E-state index in [2.05, 4.69) is 14.2 Å². The zero-order valence-electron chi connectivity index (χ0n) is 17.7. The van der Waals surface area contributed by atoms with E-state index in [0.717, 1.165) is 0 Å². The number of aromatic carboxylic acids is 1. The molecule has 1 heterocycles. The summed E-state index contributed by atoms with van der Waals surface area (Å²) >= 11 is 6.89. The molecule has 13 heteroatoms. The topological polar surface area (TPSA) is 155 Å². The number of hydrogen-bond donors (Lipinski definition) is 4. The summed E-state index contributed by atoms with van der Waals surface area (Å²) in [5.41, 5.74) is 1.40. The second-order valence-electron chi connectivity index (χ2n) is 6.51. The number of methoxy groups -OCH3 is 1. The van der Waals surface area contributed by atoms with E-state index in [1.54, 1.807) is 24.3 Å². The standard InChI is InChI=1S/C13H9Cl2NO3.C8H10AsNO5/c1-19-11-6-7(14)2-3-8(11)10-5-4-9(15)12(16-10)13(17)18;1-6(11)10-8-4-2-7(3-5-8)9(12,13)15-14/h2-6H,1H3,(H,17,18);2-5,14H,1H3,(H,10,11)(H,12,13). The van der Waals surface area contributed by atoms with E-state index in [0.29, 0.717) is 27.7 Å². The number of hydrogen-bond acceptors (Lipinski definition) is 7. The van der Waals surface area contributed by atoms with Crippen molar-refractivity contribution in [2.75, 3.05) is 12.4 Å². The summed E-state index contributed by atoms with van der Waals surface area (Å²) in [4.78, 5) is 25.7. The third-order valence-corrected chi connectivity index (χ3v) is 7.11. The predicted octanol–water partition coefficient (Wildman–Crippen LogP) is 3.47. The third kappa shape index (κ3) is 7.33. The van der Waals surface area contributed by atoms with Crippen LogP contribution in [0.1, 0.15) is 17.4 Å². The minimum absolute atomic E-state index is 0.00438. The van der Waals surface area contributed by atoms with Crippen LogP contribution in [0.3, 0.4) is 0 Å². The van der Waals surface area contributed by atoms with Gasteiger partial charge in [-0.15, -0.1) is 0 Å². The fourth-order valence-electron chi connectivity index (χ4n) is 2.60. The van der Waals surface area contributed by atoms with Gasteiger partial charge in [0.25, 0.3) is 0 Å². The Morgan fingerprint density at radius 1 is 1.06 bits per heavy atom. The Kier molecular flexibility index (Phi) is 9.69. The summed E-state index contributed by atoms with van der Waals surface area (Å²) in [5, 5.41) is 20.3. The van der Waals surface area contributed by atoms with Crippen molar-refractivity contribution in [3.05, 3.63) is 70.3 Å². The first kappa shape index (κ1) is 27.4. The van der Waals surface area contributed by atoms with Crippen molar-refractivity contribution >= 4 is 59.3 Å². The largest absolute Gasteiger partial charge is 0.496 e. The molecule has 4 N–H and O–H groups in total. The molecule has 0 aliphatic heterocycles. The van der Waals surface area contributed by atoms with Crippen molar-refractivity contribution in [3.63, 3.8) is 0 Å². The van der Waals surface area contributed by atoms with Gasteiger partial charge in [0.1, 0.15) is 5.75 Å². The number of carbonyl (C=O) groups is 2. The van der Waals surface area contributed by atoms with E-state index in [-0.39, 0.29) is 21.0 Å². The normalized spacial score (nSPS) is 12.1. The van der Waals surface area contributed by atoms with Crippen LogP contribution in [-0.4, -0.2) is 52.6 Å². The van der Waals surface area contributed by atoms with Crippen LogP contribution in [0.4, 0.5) is 5.69 Å². The van der Waals surface area contributed by atoms with Gasteiger partial charge in [0.05, 0.1) is 17.8 Å². The number of carboxylic acid groups (broad SMARTS) is 1. The molecule has 1 amide bonds. The van der Waals surface area contributed by atoms with Crippen LogP contribution < -0.4 is 14.4 Å². The third-order valence-electron chi connectivity index (χ3n) is 4.11. The zero-order chi connectivity index (χ0) is 25.5. The number of ether oxygens (including phenoxy) is 1. The molecule has 0 radical (unpaired) electrons. The zero-order valence-corrected chi connectivity index (χ0v) is 21.1. The maximum absolute atomic E-state index is 11.2. The number of nitrogens with zero attached hydrogens (tertiary/aromatic N) is 1. The Labute approximate surface area is 207 Å². The number of halogens is 2. The number of nitrogens with one attached hydrogen (secondary N) is 1. The Hall–Kier alpha value is -2.85. The van der Waals surface area contributed by atoms with E-state index in [1.807, 2.05) is 0 Å². The molecule has 0 bridgehead atoms. The van der Waals surface area contributed by atoms with Gasteiger partial charge in [0.15, 0.2) is 5.69 Å². The first-order chi connectivity index (χ1) is 16.0. The van der Waals surface area contributed by atoms with E-state index in [1.165, 1.54) is 44.4 Å². The minimum atomic E-state index is -4.76. The molecule has 10 nitrogen and oxygen atoms in total. The van der Waals surface area contributed by atoms with Gasteiger partial charge in [-0.1, -0.05) is 23.2 Å². The van der Waals surface area contributed by atoms with Crippen molar-refractivity contribution in [2.45, 2.75) is 6.92 Å². The number of aromatic nitrogens is 1. The van der Waals surface area contributed by atoms with E-state index >= 15 is 0 Å². The molecule has 0 saturated carbocycles. The van der Waals surface area contributed by atoms with Crippen LogP contribution >= 0.6 is 23.2 Å². The Balaban J connectivity index is 0.000000248. The van der Waals surface area contributed by atoms with E-state index in [4.69, 9.17) is 42.4 Å². The number of rotatable bonds is 6. The van der Waals surface area contributed by atoms with Crippen molar-refractivity contribution in [1.82, 2.24) is 4.98 Å². The summed E-state index contributed by atoms with van der Waals surface area (Å²) in [6.07, 6.45) is 0. The number of carbonyl (C=O) groups excluding carboxylic acids is 1. The van der Waals surface area contributed by atoms with Gasteiger partial charge in [-0.2, -0.15) is 0 Å². The number of carboxylic acids is 1. The van der Waals surface area contributed by atoms with Gasteiger partial charge < -0.3 is 9.84 Å². The molecular weight excluding hydrogens is 554 g/mol. The molecule has 3 rings (SSSR count). The van der Waals surface area contributed by atoms with Gasteiger partial charge in [-0.3, -0.25) is 0 Å². The van der Waals surface area contributed by atoms with Gasteiger partial charge in [0, 0.05) is 10.6 Å². The Morgan fingerprint density at radius 2 is 1.71 bits per heavy atom. The maximum Gasteiger partial charge on any atom is 0.356 e. The second kappa shape index (κ2) is 12.0. The average molecular weight is 573 g/mol. The first-order valence-corrected chi connectivity index (χ1v) is 13.3. The molecule has 34 heavy (non-hydrogen) atoms. The number of benzene rings is 2. The van der Waals surface area contributed by atoms with Gasteiger partial charge in [0.2, 0.25) is 0 Å². The molecule has 1 aromatic heterocycles. The van der Waals surface area contributed by atoms with Crippen LogP contribution in [0, 0.1) is 0 Å². The van der Waals surface area contributed by atoms with Crippen molar-refractivity contribution in [2.24, 2.45) is 0 Å². The quantitative estimate of drug-likeness (QED) is 0.197. The monoisotopic (exact) mass is 572 g/mol. The molecule has 0 aliphatic carbocycles. The van der Waals surface area contributed by atoms with Crippen molar-refractivity contribution in [1.29, 1.82) is 0 Å². The average Bonchev–Trinajstić information content (AvgIpc) is 2.79. The maximum atomic E-state index is 11.2. The molecule has 1 atom stereocenters. The molecular formula is C21H19AsCl2N2O8. The smallest absolute Gasteiger partial charge is 0.356 e. The molecule has 180 valence electrons. The van der Waals surface area contributed by atoms with Crippen LogP contribution in [0.15, 0.2) is 54.6 Å². The second-order valence-corrected chi connectivity index (χ2v) is 11.0. The fourth-order valence-corrected chi connectivity index (χ4v) is 4.25. The number of amides is 1. The Morgan fingerprint density at radius 3 is 2.24 bits per heavy atom. The number of anilines is 1.